The second-order valence-corrected chi connectivity index (χ2v) is 8.06. The van der Waals surface area contributed by atoms with Gasteiger partial charge in [-0.05, 0) is 40.8 Å². The van der Waals surface area contributed by atoms with Gasteiger partial charge in [0, 0.05) is 26.3 Å². The molecule has 0 bridgehead atoms. The number of nitrogens with zero attached hydrogens (tertiary/aromatic N) is 1. The second-order valence-electron chi connectivity index (χ2n) is 8.06. The van der Waals surface area contributed by atoms with Gasteiger partial charge in [0.25, 0.3) is 5.91 Å². The molecule has 0 saturated carbocycles. The summed E-state index contributed by atoms with van der Waals surface area (Å²) >= 11 is 0. The average molecular weight is 399 g/mol. The summed E-state index contributed by atoms with van der Waals surface area (Å²) in [5.41, 5.74) is 3.29. The number of nitrogens with one attached hydrogen (secondary N) is 1. The molecule has 0 saturated heterocycles. The number of hydrogen-bond donors (Lipinski definition) is 1. The number of carbonyl (C=O) groups is 2. The van der Waals surface area contributed by atoms with Crippen LogP contribution in [0.5, 0.6) is 5.75 Å². The van der Waals surface area contributed by atoms with Crippen molar-refractivity contribution >= 4 is 17.6 Å². The summed E-state index contributed by atoms with van der Waals surface area (Å²) in [5, 5.41) is 2.73. The Hall–Kier alpha value is -3.02. The minimum atomic E-state index is -0.588. The van der Waals surface area contributed by atoms with Crippen LogP contribution in [0.15, 0.2) is 48.5 Å². The van der Waals surface area contributed by atoms with Crippen LogP contribution in [-0.2, 0) is 26.3 Å². The number of ether oxygens (including phenoxy) is 2. The average Bonchev–Trinajstić information content (AvgIpc) is 2.69. The van der Waals surface area contributed by atoms with E-state index in [2.05, 4.69) is 26.1 Å². The minimum absolute atomic E-state index is 0.0548. The van der Waals surface area contributed by atoms with Crippen LogP contribution in [0.25, 0.3) is 0 Å². The van der Waals surface area contributed by atoms with Gasteiger partial charge in [-0.3, -0.25) is 4.79 Å². The molecule has 0 aliphatic rings. The van der Waals surface area contributed by atoms with Gasteiger partial charge in [0.1, 0.15) is 5.75 Å². The van der Waals surface area contributed by atoms with Crippen molar-refractivity contribution in [3.05, 3.63) is 59.7 Å². The van der Waals surface area contributed by atoms with Gasteiger partial charge in [-0.2, -0.15) is 0 Å². The molecule has 156 valence electrons. The SMILES string of the molecule is CN(C)c1ccc(CNC(=O)COC(=O)COc2ccc(C(C)(C)C)cc2)cc1. The summed E-state index contributed by atoms with van der Waals surface area (Å²) in [5.74, 6) is -0.361. The highest BCUT2D eigenvalue weighted by atomic mass is 16.6. The third kappa shape index (κ3) is 7.49. The number of carbonyl (C=O) groups excluding carboxylic acids is 2. The topological polar surface area (TPSA) is 67.9 Å². The van der Waals surface area contributed by atoms with Crippen LogP contribution in [0, 0.1) is 0 Å². The van der Waals surface area contributed by atoms with Gasteiger partial charge in [-0.1, -0.05) is 45.0 Å². The molecule has 0 radical (unpaired) electrons. The third-order valence-corrected chi connectivity index (χ3v) is 4.38. The van der Waals surface area contributed by atoms with Gasteiger partial charge in [-0.15, -0.1) is 0 Å². The maximum Gasteiger partial charge on any atom is 0.344 e. The summed E-state index contributed by atoms with van der Waals surface area (Å²) in [4.78, 5) is 25.7. The van der Waals surface area contributed by atoms with Crippen molar-refractivity contribution in [3.63, 3.8) is 0 Å². The lowest BCUT2D eigenvalue weighted by atomic mass is 9.87. The van der Waals surface area contributed by atoms with E-state index in [-0.39, 0.29) is 24.5 Å². The molecule has 2 rings (SSSR count). The van der Waals surface area contributed by atoms with Gasteiger partial charge in [0.2, 0.25) is 0 Å². The Bertz CT molecular complexity index is 806. The Kier molecular flexibility index (Phi) is 7.65. The van der Waals surface area contributed by atoms with Crippen molar-refractivity contribution in [1.29, 1.82) is 0 Å². The normalized spacial score (nSPS) is 10.9. The molecular formula is C23H30N2O4. The molecule has 2 aromatic rings. The van der Waals surface area contributed by atoms with Crippen LogP contribution >= 0.6 is 0 Å². The summed E-state index contributed by atoms with van der Waals surface area (Å²) in [7, 11) is 3.94. The van der Waals surface area contributed by atoms with Crippen LogP contribution < -0.4 is 15.0 Å². The molecule has 0 aliphatic heterocycles. The minimum Gasteiger partial charge on any atom is -0.482 e. The van der Waals surface area contributed by atoms with E-state index < -0.39 is 5.97 Å². The number of anilines is 1. The van der Waals surface area contributed by atoms with E-state index in [0.717, 1.165) is 11.3 Å². The molecule has 2 aromatic carbocycles. The van der Waals surface area contributed by atoms with Gasteiger partial charge >= 0.3 is 5.97 Å². The molecule has 0 aromatic heterocycles. The predicted molar refractivity (Wildman–Crippen MR) is 114 cm³/mol. The largest absolute Gasteiger partial charge is 0.482 e. The van der Waals surface area contributed by atoms with Gasteiger partial charge in [0.05, 0.1) is 0 Å². The number of esters is 1. The summed E-state index contributed by atoms with van der Waals surface area (Å²) in [6.07, 6.45) is 0. The fourth-order valence-corrected chi connectivity index (χ4v) is 2.54. The lowest BCUT2D eigenvalue weighted by Gasteiger charge is -2.19. The summed E-state index contributed by atoms with van der Waals surface area (Å²) in [6, 6.07) is 15.4. The molecule has 0 fully saturated rings. The zero-order valence-electron chi connectivity index (χ0n) is 17.8. The van der Waals surface area contributed by atoms with E-state index in [0.29, 0.717) is 12.3 Å². The molecule has 0 spiro atoms. The quantitative estimate of drug-likeness (QED) is 0.691. The van der Waals surface area contributed by atoms with Gasteiger partial charge in [0.15, 0.2) is 13.2 Å². The molecule has 29 heavy (non-hydrogen) atoms. The van der Waals surface area contributed by atoms with E-state index in [9.17, 15) is 9.59 Å². The van der Waals surface area contributed by atoms with Crippen molar-refractivity contribution in [1.82, 2.24) is 5.32 Å². The molecule has 6 heteroatoms. The van der Waals surface area contributed by atoms with Crippen LogP contribution in [0.3, 0.4) is 0 Å². The van der Waals surface area contributed by atoms with Gasteiger partial charge in [-0.25, -0.2) is 4.79 Å². The summed E-state index contributed by atoms with van der Waals surface area (Å²) in [6.45, 7) is 6.19. The molecule has 1 N–H and O–H groups in total. The Balaban J connectivity index is 1.68. The van der Waals surface area contributed by atoms with Crippen LogP contribution in [0.4, 0.5) is 5.69 Å². The predicted octanol–water partition coefficient (Wildman–Crippen LogP) is 3.29. The smallest absolute Gasteiger partial charge is 0.344 e. The molecule has 0 unspecified atom stereocenters. The van der Waals surface area contributed by atoms with Crippen LogP contribution in [-0.4, -0.2) is 39.2 Å². The molecular weight excluding hydrogens is 368 g/mol. The summed E-state index contributed by atoms with van der Waals surface area (Å²) < 4.78 is 10.4. The monoisotopic (exact) mass is 398 g/mol. The first-order valence-electron chi connectivity index (χ1n) is 9.57. The van der Waals surface area contributed by atoms with Gasteiger partial charge < -0.3 is 19.7 Å². The molecule has 1 amide bonds. The first-order valence-corrected chi connectivity index (χ1v) is 9.57. The number of hydrogen-bond acceptors (Lipinski definition) is 5. The highest BCUT2D eigenvalue weighted by Crippen LogP contribution is 2.24. The Labute approximate surface area is 172 Å². The van der Waals surface area contributed by atoms with E-state index in [1.165, 1.54) is 5.56 Å². The van der Waals surface area contributed by atoms with Crippen LogP contribution in [0.2, 0.25) is 0 Å². The highest BCUT2D eigenvalue weighted by molar-refractivity contribution is 5.80. The Morgan fingerprint density at radius 2 is 1.55 bits per heavy atom. The van der Waals surface area contributed by atoms with Crippen molar-refractivity contribution in [3.8, 4) is 5.75 Å². The fraction of sp³-hybridized carbons (Fsp3) is 0.391. The first-order chi connectivity index (χ1) is 13.6. The fourth-order valence-electron chi connectivity index (χ4n) is 2.54. The Morgan fingerprint density at radius 1 is 0.931 bits per heavy atom. The number of benzene rings is 2. The second kappa shape index (κ2) is 9.96. The van der Waals surface area contributed by atoms with E-state index in [1.807, 2.05) is 67.5 Å². The zero-order chi connectivity index (χ0) is 21.4. The number of amides is 1. The maximum atomic E-state index is 11.9. The van der Waals surface area contributed by atoms with E-state index in [1.54, 1.807) is 0 Å². The van der Waals surface area contributed by atoms with Crippen LogP contribution in [0.1, 0.15) is 31.9 Å². The standard InChI is InChI=1S/C23H30N2O4/c1-23(2,3)18-8-12-20(13-9-18)28-16-22(27)29-15-21(26)24-14-17-6-10-19(11-7-17)25(4)5/h6-13H,14-16H2,1-5H3,(H,24,26). The highest BCUT2D eigenvalue weighted by Gasteiger charge is 2.13. The van der Waals surface area contributed by atoms with Crippen molar-refractivity contribution in [2.45, 2.75) is 32.7 Å². The Morgan fingerprint density at radius 3 is 2.10 bits per heavy atom. The van der Waals surface area contributed by atoms with Crippen molar-refractivity contribution in [2.24, 2.45) is 0 Å². The first kappa shape index (κ1) is 22.3. The molecule has 0 atom stereocenters. The lowest BCUT2D eigenvalue weighted by Crippen LogP contribution is -2.29. The zero-order valence-corrected chi connectivity index (χ0v) is 17.8. The van der Waals surface area contributed by atoms with Crippen molar-refractivity contribution < 1.29 is 19.1 Å². The van der Waals surface area contributed by atoms with Crippen molar-refractivity contribution in [2.75, 3.05) is 32.2 Å². The molecule has 0 heterocycles. The molecule has 0 aliphatic carbocycles. The lowest BCUT2D eigenvalue weighted by molar-refractivity contribution is -0.150. The van der Waals surface area contributed by atoms with E-state index in [4.69, 9.17) is 9.47 Å². The third-order valence-electron chi connectivity index (χ3n) is 4.38. The molecule has 6 nitrogen and oxygen atoms in total. The van der Waals surface area contributed by atoms with E-state index >= 15 is 0 Å². The maximum absolute atomic E-state index is 11.9. The number of rotatable bonds is 8.